The number of hydrogen-bond acceptors (Lipinski definition) is 1. The van der Waals surface area contributed by atoms with E-state index in [1.807, 2.05) is 7.11 Å². The van der Waals surface area contributed by atoms with Crippen LogP contribution in [0.3, 0.4) is 0 Å². The molecule has 0 unspecified atom stereocenters. The SMILES string of the molecule is CCCCCC(CCCCC)CCOC. The van der Waals surface area contributed by atoms with Gasteiger partial charge in [0.1, 0.15) is 0 Å². The van der Waals surface area contributed by atoms with E-state index in [9.17, 15) is 0 Å². The van der Waals surface area contributed by atoms with Crippen LogP contribution in [0.2, 0.25) is 0 Å². The molecule has 0 aliphatic heterocycles. The fraction of sp³-hybridized carbons (Fsp3) is 1.00. The van der Waals surface area contributed by atoms with Crippen LogP contribution in [-0.4, -0.2) is 13.7 Å². The van der Waals surface area contributed by atoms with Gasteiger partial charge in [-0.2, -0.15) is 0 Å². The van der Waals surface area contributed by atoms with Crippen molar-refractivity contribution in [2.75, 3.05) is 13.7 Å². The Morgan fingerprint density at radius 2 is 1.33 bits per heavy atom. The van der Waals surface area contributed by atoms with Crippen LogP contribution in [0.15, 0.2) is 0 Å². The molecular weight excluding hydrogens is 184 g/mol. The molecule has 0 aliphatic carbocycles. The molecule has 0 saturated carbocycles. The maximum atomic E-state index is 5.18. The fourth-order valence-electron chi connectivity index (χ4n) is 2.08. The molecule has 92 valence electrons. The molecule has 0 fully saturated rings. The summed E-state index contributed by atoms with van der Waals surface area (Å²) in [7, 11) is 1.81. The van der Waals surface area contributed by atoms with Gasteiger partial charge in [0.25, 0.3) is 0 Å². The molecule has 1 nitrogen and oxygen atoms in total. The lowest BCUT2D eigenvalue weighted by molar-refractivity contribution is 0.171. The van der Waals surface area contributed by atoms with Gasteiger partial charge in [-0.05, 0) is 12.3 Å². The molecule has 0 aliphatic rings. The highest BCUT2D eigenvalue weighted by Crippen LogP contribution is 2.20. The smallest absolute Gasteiger partial charge is 0.0464 e. The van der Waals surface area contributed by atoms with E-state index in [4.69, 9.17) is 4.74 Å². The first-order valence-electron chi connectivity index (χ1n) is 6.84. The third-order valence-electron chi connectivity index (χ3n) is 3.16. The summed E-state index contributed by atoms with van der Waals surface area (Å²) in [6.07, 6.45) is 12.4. The number of methoxy groups -OCH3 is 1. The summed E-state index contributed by atoms with van der Waals surface area (Å²) in [6.45, 7) is 5.51. The van der Waals surface area contributed by atoms with E-state index in [1.165, 1.54) is 57.8 Å². The largest absolute Gasteiger partial charge is 0.385 e. The van der Waals surface area contributed by atoms with Gasteiger partial charge in [-0.15, -0.1) is 0 Å². The summed E-state index contributed by atoms with van der Waals surface area (Å²) in [5, 5.41) is 0. The molecule has 0 rings (SSSR count). The van der Waals surface area contributed by atoms with E-state index < -0.39 is 0 Å². The third kappa shape index (κ3) is 10.2. The minimum Gasteiger partial charge on any atom is -0.385 e. The number of rotatable bonds is 11. The molecule has 0 saturated heterocycles. The van der Waals surface area contributed by atoms with Crippen molar-refractivity contribution < 1.29 is 4.74 Å². The van der Waals surface area contributed by atoms with Crippen molar-refractivity contribution >= 4 is 0 Å². The molecule has 0 amide bonds. The topological polar surface area (TPSA) is 9.23 Å². The van der Waals surface area contributed by atoms with Gasteiger partial charge in [-0.3, -0.25) is 0 Å². The summed E-state index contributed by atoms with van der Waals surface area (Å²) in [5.74, 6) is 0.919. The van der Waals surface area contributed by atoms with Crippen molar-refractivity contribution in [3.05, 3.63) is 0 Å². The first-order chi connectivity index (χ1) is 7.35. The minimum absolute atomic E-state index is 0.919. The molecule has 0 atom stereocenters. The fourth-order valence-corrected chi connectivity index (χ4v) is 2.08. The minimum atomic E-state index is 0.919. The number of unbranched alkanes of at least 4 members (excludes halogenated alkanes) is 4. The second kappa shape index (κ2) is 12.0. The van der Waals surface area contributed by atoms with Gasteiger partial charge >= 0.3 is 0 Å². The molecule has 1 heteroatoms. The quantitative estimate of drug-likeness (QED) is 0.449. The zero-order chi connectivity index (χ0) is 11.4. The Kier molecular flexibility index (Phi) is 12.0. The normalized spacial score (nSPS) is 11.2. The second-order valence-electron chi connectivity index (χ2n) is 4.64. The van der Waals surface area contributed by atoms with E-state index in [0.717, 1.165) is 12.5 Å². The first kappa shape index (κ1) is 15.0. The van der Waals surface area contributed by atoms with Crippen LogP contribution in [0.25, 0.3) is 0 Å². The van der Waals surface area contributed by atoms with Gasteiger partial charge in [0.2, 0.25) is 0 Å². The van der Waals surface area contributed by atoms with Crippen molar-refractivity contribution in [1.82, 2.24) is 0 Å². The molecule has 0 heterocycles. The van der Waals surface area contributed by atoms with Gasteiger partial charge in [-0.1, -0.05) is 65.2 Å². The Morgan fingerprint density at radius 1 is 0.800 bits per heavy atom. The maximum Gasteiger partial charge on any atom is 0.0464 e. The number of ether oxygens (including phenoxy) is 1. The van der Waals surface area contributed by atoms with Crippen molar-refractivity contribution in [1.29, 1.82) is 0 Å². The lowest BCUT2D eigenvalue weighted by atomic mass is 9.92. The zero-order valence-corrected chi connectivity index (χ0v) is 11.1. The van der Waals surface area contributed by atoms with Crippen molar-refractivity contribution in [2.45, 2.75) is 71.6 Å². The predicted molar refractivity (Wildman–Crippen MR) is 68.3 cm³/mol. The Balaban J connectivity index is 3.53. The second-order valence-corrected chi connectivity index (χ2v) is 4.64. The van der Waals surface area contributed by atoms with E-state index in [1.54, 1.807) is 0 Å². The highest BCUT2D eigenvalue weighted by molar-refractivity contribution is 4.60. The summed E-state index contributed by atoms with van der Waals surface area (Å²) < 4.78 is 5.18. The molecule has 0 spiro atoms. The van der Waals surface area contributed by atoms with Gasteiger partial charge in [0, 0.05) is 13.7 Å². The lowest BCUT2D eigenvalue weighted by Crippen LogP contribution is -2.05. The predicted octanol–water partition coefficient (Wildman–Crippen LogP) is 4.80. The molecule has 0 aromatic heterocycles. The van der Waals surface area contributed by atoms with Crippen molar-refractivity contribution in [2.24, 2.45) is 5.92 Å². The average molecular weight is 214 g/mol. The molecule has 0 aromatic carbocycles. The zero-order valence-electron chi connectivity index (χ0n) is 11.1. The summed E-state index contributed by atoms with van der Waals surface area (Å²) in [4.78, 5) is 0. The van der Waals surface area contributed by atoms with Crippen LogP contribution in [0.4, 0.5) is 0 Å². The molecule has 15 heavy (non-hydrogen) atoms. The highest BCUT2D eigenvalue weighted by atomic mass is 16.5. The molecule has 0 N–H and O–H groups in total. The first-order valence-corrected chi connectivity index (χ1v) is 6.84. The molecular formula is C14H30O. The van der Waals surface area contributed by atoms with Crippen molar-refractivity contribution in [3.8, 4) is 0 Å². The summed E-state index contributed by atoms with van der Waals surface area (Å²) >= 11 is 0. The summed E-state index contributed by atoms with van der Waals surface area (Å²) in [5.41, 5.74) is 0. The Bertz CT molecular complexity index is 102. The van der Waals surface area contributed by atoms with E-state index in [0.29, 0.717) is 0 Å². The molecule has 0 bridgehead atoms. The Labute approximate surface area is 96.6 Å². The third-order valence-corrected chi connectivity index (χ3v) is 3.16. The average Bonchev–Trinajstić information content (AvgIpc) is 2.25. The van der Waals surface area contributed by atoms with Gasteiger partial charge in [-0.25, -0.2) is 0 Å². The van der Waals surface area contributed by atoms with Crippen LogP contribution >= 0.6 is 0 Å². The van der Waals surface area contributed by atoms with E-state index in [-0.39, 0.29) is 0 Å². The van der Waals surface area contributed by atoms with Gasteiger partial charge < -0.3 is 4.74 Å². The molecule has 0 radical (unpaired) electrons. The molecule has 0 aromatic rings. The van der Waals surface area contributed by atoms with Crippen LogP contribution in [0, 0.1) is 5.92 Å². The maximum absolute atomic E-state index is 5.18. The van der Waals surface area contributed by atoms with Crippen LogP contribution in [0.1, 0.15) is 71.6 Å². The monoisotopic (exact) mass is 214 g/mol. The number of hydrogen-bond donors (Lipinski definition) is 0. The van der Waals surface area contributed by atoms with Crippen LogP contribution < -0.4 is 0 Å². The van der Waals surface area contributed by atoms with Gasteiger partial charge in [0.05, 0.1) is 0 Å². The summed E-state index contributed by atoms with van der Waals surface area (Å²) in [6, 6.07) is 0. The Hall–Kier alpha value is -0.0400. The van der Waals surface area contributed by atoms with Gasteiger partial charge in [0.15, 0.2) is 0 Å². The van der Waals surface area contributed by atoms with Crippen molar-refractivity contribution in [3.63, 3.8) is 0 Å². The van der Waals surface area contributed by atoms with E-state index in [2.05, 4.69) is 13.8 Å². The van der Waals surface area contributed by atoms with E-state index >= 15 is 0 Å². The standard InChI is InChI=1S/C14H30O/c1-4-6-8-10-14(12-13-15-3)11-9-7-5-2/h14H,4-13H2,1-3H3. The lowest BCUT2D eigenvalue weighted by Gasteiger charge is -2.16. The highest BCUT2D eigenvalue weighted by Gasteiger charge is 2.07. The van der Waals surface area contributed by atoms with Crippen LogP contribution in [-0.2, 0) is 4.74 Å². The Morgan fingerprint density at radius 3 is 1.73 bits per heavy atom. The van der Waals surface area contributed by atoms with Crippen LogP contribution in [0.5, 0.6) is 0 Å².